The van der Waals surface area contributed by atoms with Crippen molar-refractivity contribution >= 4 is 22.7 Å². The molecule has 1 amide bonds. The number of ether oxygens (including phenoxy) is 2. The van der Waals surface area contributed by atoms with Crippen LogP contribution in [-0.4, -0.2) is 24.6 Å². The zero-order chi connectivity index (χ0) is 21.8. The van der Waals surface area contributed by atoms with Gasteiger partial charge >= 0.3 is 0 Å². The van der Waals surface area contributed by atoms with E-state index >= 15 is 0 Å². The quantitative estimate of drug-likeness (QED) is 0.413. The van der Waals surface area contributed by atoms with Gasteiger partial charge in [0.15, 0.2) is 5.58 Å². The molecule has 0 fully saturated rings. The Hall–Kier alpha value is -3.80. The molecule has 0 unspecified atom stereocenters. The summed E-state index contributed by atoms with van der Waals surface area (Å²) in [5.41, 5.74) is 3.36. The zero-order valence-electron chi connectivity index (χ0n) is 17.7. The highest BCUT2D eigenvalue weighted by Gasteiger charge is 2.12. The second-order valence-corrected chi connectivity index (χ2v) is 7.62. The van der Waals surface area contributed by atoms with Crippen LogP contribution in [0, 0.1) is 5.92 Å². The first-order valence-electron chi connectivity index (χ1n) is 10.1. The van der Waals surface area contributed by atoms with E-state index in [4.69, 9.17) is 13.9 Å². The molecule has 6 nitrogen and oxygen atoms in total. The molecule has 4 aromatic rings. The Morgan fingerprint density at radius 2 is 1.81 bits per heavy atom. The van der Waals surface area contributed by atoms with E-state index < -0.39 is 0 Å². The van der Waals surface area contributed by atoms with Gasteiger partial charge in [-0.25, -0.2) is 4.98 Å². The molecule has 31 heavy (non-hydrogen) atoms. The lowest BCUT2D eigenvalue weighted by atomic mass is 10.1. The van der Waals surface area contributed by atoms with E-state index in [1.165, 1.54) is 0 Å². The minimum atomic E-state index is -0.199. The molecule has 4 rings (SSSR count). The third kappa shape index (κ3) is 4.86. The number of rotatable bonds is 7. The number of benzene rings is 3. The summed E-state index contributed by atoms with van der Waals surface area (Å²) in [5, 5.41) is 2.92. The monoisotopic (exact) mass is 416 g/mol. The molecule has 6 heteroatoms. The van der Waals surface area contributed by atoms with E-state index in [-0.39, 0.29) is 5.91 Å². The maximum atomic E-state index is 12.6. The predicted octanol–water partition coefficient (Wildman–Crippen LogP) is 5.79. The number of nitrogens with one attached hydrogen (secondary N) is 1. The highest BCUT2D eigenvalue weighted by atomic mass is 16.5. The van der Waals surface area contributed by atoms with Gasteiger partial charge in [-0.15, -0.1) is 0 Å². The summed E-state index contributed by atoms with van der Waals surface area (Å²) in [6.45, 7) is 4.82. The number of oxazole rings is 1. The van der Waals surface area contributed by atoms with E-state index in [0.717, 1.165) is 11.3 Å². The number of nitrogens with zero attached hydrogens (tertiary/aromatic N) is 1. The van der Waals surface area contributed by atoms with Gasteiger partial charge in [0.05, 0.1) is 13.7 Å². The molecule has 1 N–H and O–H groups in total. The summed E-state index contributed by atoms with van der Waals surface area (Å²) in [7, 11) is 1.61. The van der Waals surface area contributed by atoms with Crippen LogP contribution in [0.1, 0.15) is 24.2 Å². The first-order chi connectivity index (χ1) is 15.0. The van der Waals surface area contributed by atoms with Crippen molar-refractivity contribution in [3.8, 4) is 23.0 Å². The van der Waals surface area contributed by atoms with Crippen molar-refractivity contribution < 1.29 is 18.7 Å². The van der Waals surface area contributed by atoms with Crippen molar-refractivity contribution in [1.82, 2.24) is 4.98 Å². The minimum Gasteiger partial charge on any atom is -0.497 e. The summed E-state index contributed by atoms with van der Waals surface area (Å²) in [6, 6.07) is 20.0. The average molecular weight is 416 g/mol. The Balaban J connectivity index is 1.49. The largest absolute Gasteiger partial charge is 0.497 e. The molecule has 1 heterocycles. The lowest BCUT2D eigenvalue weighted by molar-refractivity contribution is 0.102. The molecule has 3 aromatic carbocycles. The second-order valence-electron chi connectivity index (χ2n) is 7.62. The van der Waals surface area contributed by atoms with Crippen molar-refractivity contribution in [2.24, 2.45) is 5.92 Å². The van der Waals surface area contributed by atoms with E-state index in [1.54, 1.807) is 31.4 Å². The molecule has 0 aliphatic heterocycles. The van der Waals surface area contributed by atoms with Crippen molar-refractivity contribution in [2.45, 2.75) is 13.8 Å². The topological polar surface area (TPSA) is 73.6 Å². The van der Waals surface area contributed by atoms with Gasteiger partial charge in [-0.1, -0.05) is 19.9 Å². The summed E-state index contributed by atoms with van der Waals surface area (Å²) >= 11 is 0. The van der Waals surface area contributed by atoms with Gasteiger partial charge in [-0.05, 0) is 60.5 Å². The van der Waals surface area contributed by atoms with E-state index in [9.17, 15) is 4.79 Å². The molecular weight excluding hydrogens is 392 g/mol. The van der Waals surface area contributed by atoms with Crippen LogP contribution in [0.15, 0.2) is 71.1 Å². The van der Waals surface area contributed by atoms with E-state index in [1.807, 2.05) is 42.5 Å². The lowest BCUT2D eigenvalue weighted by Gasteiger charge is -2.10. The van der Waals surface area contributed by atoms with Crippen LogP contribution in [0.2, 0.25) is 0 Å². The third-order valence-electron chi connectivity index (χ3n) is 4.66. The second kappa shape index (κ2) is 8.92. The van der Waals surface area contributed by atoms with Gasteiger partial charge in [0, 0.05) is 22.9 Å². The molecule has 0 bridgehead atoms. The van der Waals surface area contributed by atoms with Crippen LogP contribution in [-0.2, 0) is 0 Å². The first kappa shape index (κ1) is 20.5. The number of carbonyl (C=O) groups excluding carboxylic acids is 1. The molecule has 0 aliphatic rings. The normalized spacial score (nSPS) is 11.0. The van der Waals surface area contributed by atoms with Crippen LogP contribution in [0.25, 0.3) is 22.6 Å². The molecule has 0 saturated heterocycles. The lowest BCUT2D eigenvalue weighted by Crippen LogP contribution is -2.12. The Kier molecular flexibility index (Phi) is 5.89. The fraction of sp³-hybridized carbons (Fsp3) is 0.200. The fourth-order valence-corrected chi connectivity index (χ4v) is 3.06. The summed E-state index contributed by atoms with van der Waals surface area (Å²) in [6.07, 6.45) is 0. The average Bonchev–Trinajstić information content (AvgIpc) is 3.21. The Morgan fingerprint density at radius 3 is 2.55 bits per heavy atom. The predicted molar refractivity (Wildman–Crippen MR) is 121 cm³/mol. The van der Waals surface area contributed by atoms with E-state index in [0.29, 0.717) is 46.5 Å². The highest BCUT2D eigenvalue weighted by molar-refractivity contribution is 6.04. The Bertz CT molecular complexity index is 1200. The molecular formula is C25H24N2O4. The zero-order valence-corrected chi connectivity index (χ0v) is 17.7. The number of fused-ring (bicyclic) bond motifs is 1. The number of anilines is 1. The standard InChI is InChI=1S/C25H24N2O4/c1-16(2)15-30-20-9-7-17(8-10-20)24(28)26-19-6-4-5-18(13-19)25-27-22-14-21(29-3)11-12-23(22)31-25/h4-14,16H,15H2,1-3H3,(H,26,28). The van der Waals surface area contributed by atoms with Gasteiger partial charge < -0.3 is 19.2 Å². The van der Waals surface area contributed by atoms with Crippen molar-refractivity contribution in [3.63, 3.8) is 0 Å². The van der Waals surface area contributed by atoms with Gasteiger partial charge in [0.1, 0.15) is 17.0 Å². The minimum absolute atomic E-state index is 0.199. The van der Waals surface area contributed by atoms with Gasteiger partial charge in [-0.3, -0.25) is 4.79 Å². The van der Waals surface area contributed by atoms with Crippen molar-refractivity contribution in [3.05, 3.63) is 72.3 Å². The Morgan fingerprint density at radius 1 is 1.03 bits per heavy atom. The molecule has 158 valence electrons. The molecule has 0 radical (unpaired) electrons. The summed E-state index contributed by atoms with van der Waals surface area (Å²) < 4.78 is 16.8. The number of methoxy groups -OCH3 is 1. The molecule has 0 aliphatic carbocycles. The van der Waals surface area contributed by atoms with Crippen LogP contribution >= 0.6 is 0 Å². The third-order valence-corrected chi connectivity index (χ3v) is 4.66. The van der Waals surface area contributed by atoms with Gasteiger partial charge in [-0.2, -0.15) is 0 Å². The summed E-state index contributed by atoms with van der Waals surface area (Å²) in [4.78, 5) is 17.2. The maximum Gasteiger partial charge on any atom is 0.255 e. The van der Waals surface area contributed by atoms with Gasteiger partial charge in [0.25, 0.3) is 5.91 Å². The van der Waals surface area contributed by atoms with Gasteiger partial charge in [0.2, 0.25) is 5.89 Å². The van der Waals surface area contributed by atoms with Crippen LogP contribution < -0.4 is 14.8 Å². The highest BCUT2D eigenvalue weighted by Crippen LogP contribution is 2.28. The van der Waals surface area contributed by atoms with Crippen LogP contribution in [0.3, 0.4) is 0 Å². The number of aromatic nitrogens is 1. The van der Waals surface area contributed by atoms with Crippen LogP contribution in [0.5, 0.6) is 11.5 Å². The maximum absolute atomic E-state index is 12.6. The SMILES string of the molecule is COc1ccc2oc(-c3cccc(NC(=O)c4ccc(OCC(C)C)cc4)c3)nc2c1. The summed E-state index contributed by atoms with van der Waals surface area (Å²) in [5.74, 6) is 2.19. The smallest absolute Gasteiger partial charge is 0.255 e. The fourth-order valence-electron chi connectivity index (χ4n) is 3.06. The Labute approximate surface area is 180 Å². The molecule has 0 saturated carbocycles. The number of hydrogen-bond acceptors (Lipinski definition) is 5. The number of amides is 1. The van der Waals surface area contributed by atoms with Crippen molar-refractivity contribution in [2.75, 3.05) is 19.0 Å². The molecule has 0 atom stereocenters. The number of carbonyl (C=O) groups is 1. The molecule has 1 aromatic heterocycles. The van der Waals surface area contributed by atoms with E-state index in [2.05, 4.69) is 24.1 Å². The number of hydrogen-bond donors (Lipinski definition) is 1. The van der Waals surface area contributed by atoms with Crippen LogP contribution in [0.4, 0.5) is 5.69 Å². The molecule has 0 spiro atoms. The first-order valence-corrected chi connectivity index (χ1v) is 10.1. The van der Waals surface area contributed by atoms with Crippen molar-refractivity contribution in [1.29, 1.82) is 0 Å².